The number of anilines is 1. The van der Waals surface area contributed by atoms with E-state index in [1.807, 2.05) is 0 Å². The van der Waals surface area contributed by atoms with Crippen LogP contribution in [0.3, 0.4) is 0 Å². The van der Waals surface area contributed by atoms with Gasteiger partial charge in [0.1, 0.15) is 11.3 Å². The number of nitrogens with two attached hydrogens (primary N) is 1. The van der Waals surface area contributed by atoms with Gasteiger partial charge in [-0.25, -0.2) is 19.4 Å². The number of fused-ring (bicyclic) bond motifs is 1. The third-order valence-electron chi connectivity index (χ3n) is 4.65. The molecule has 184 valence electrons. The van der Waals surface area contributed by atoms with Gasteiger partial charge in [-0.3, -0.25) is 10.1 Å². The number of aromatic carboxylic acids is 2. The molecule has 14 heteroatoms. The Morgan fingerprint density at radius 1 is 0.917 bits per heavy atom. The molecule has 7 N–H and O–H groups in total. The number of nitrogen functional groups attached to an aromatic ring is 1. The van der Waals surface area contributed by atoms with E-state index in [1.54, 1.807) is 0 Å². The van der Waals surface area contributed by atoms with E-state index in [1.165, 1.54) is 36.4 Å². The molecule has 0 saturated carbocycles. The average Bonchev–Trinajstić information content (AvgIpc) is 2.81. The third-order valence-corrected chi connectivity index (χ3v) is 4.65. The van der Waals surface area contributed by atoms with Crippen molar-refractivity contribution in [2.45, 2.75) is 0 Å². The molecule has 0 aliphatic carbocycles. The highest BCUT2D eigenvalue weighted by Gasteiger charge is 2.22. The van der Waals surface area contributed by atoms with Crippen LogP contribution in [0.15, 0.2) is 57.7 Å². The number of aromatic hydroxyl groups is 3. The molecule has 4 aromatic rings. The van der Waals surface area contributed by atoms with Crippen molar-refractivity contribution in [2.75, 3.05) is 5.73 Å². The van der Waals surface area contributed by atoms with Gasteiger partial charge < -0.3 is 35.7 Å². The molecule has 0 spiro atoms. The standard InChI is InChI=1S/C15H8N2O8.C7H7NO3/c18-10-5-7(4-9(13(10)19)17(23)24)12-15(22)25-11-2-1-6(14(20)21)3-8(11)16-12;8-5-3-4(7(10)11)1-2-6(5)9/h1-5,18-19H,(H,20,21);1-3,9H,8H2,(H,10,11). The normalized spacial score (nSPS) is 10.3. The first-order valence-electron chi connectivity index (χ1n) is 9.59. The molecule has 0 unspecified atom stereocenters. The molecule has 0 aliphatic rings. The Kier molecular flexibility index (Phi) is 6.71. The zero-order valence-electron chi connectivity index (χ0n) is 17.8. The first-order chi connectivity index (χ1) is 16.9. The summed E-state index contributed by atoms with van der Waals surface area (Å²) in [5.74, 6) is -4.14. The first kappa shape index (κ1) is 25.0. The van der Waals surface area contributed by atoms with E-state index in [0.29, 0.717) is 0 Å². The predicted molar refractivity (Wildman–Crippen MR) is 122 cm³/mol. The minimum atomic E-state index is -1.21. The highest BCUT2D eigenvalue weighted by molar-refractivity contribution is 5.92. The van der Waals surface area contributed by atoms with Crippen molar-refractivity contribution in [1.29, 1.82) is 0 Å². The second-order valence-corrected chi connectivity index (χ2v) is 7.04. The summed E-state index contributed by atoms with van der Waals surface area (Å²) in [6, 6.07) is 9.15. The molecular formula is C22H15N3O11. The molecule has 3 aromatic carbocycles. The number of nitro benzene ring substituents is 1. The van der Waals surface area contributed by atoms with Crippen LogP contribution in [-0.4, -0.2) is 47.4 Å². The fourth-order valence-corrected chi connectivity index (χ4v) is 2.89. The van der Waals surface area contributed by atoms with Crippen molar-refractivity contribution >= 4 is 34.4 Å². The second-order valence-electron chi connectivity index (χ2n) is 7.04. The highest BCUT2D eigenvalue weighted by Crippen LogP contribution is 2.38. The lowest BCUT2D eigenvalue weighted by molar-refractivity contribution is -0.385. The van der Waals surface area contributed by atoms with E-state index in [-0.39, 0.29) is 44.9 Å². The first-order valence-corrected chi connectivity index (χ1v) is 9.59. The van der Waals surface area contributed by atoms with Gasteiger partial charge in [-0.15, -0.1) is 0 Å². The lowest BCUT2D eigenvalue weighted by Gasteiger charge is -2.05. The smallest absolute Gasteiger partial charge is 0.363 e. The van der Waals surface area contributed by atoms with E-state index in [2.05, 4.69) is 4.98 Å². The second kappa shape index (κ2) is 9.68. The molecule has 0 amide bonds. The molecule has 1 aromatic heterocycles. The van der Waals surface area contributed by atoms with Crippen LogP contribution < -0.4 is 11.4 Å². The number of hydrogen-bond acceptors (Lipinski definition) is 11. The Hall–Kier alpha value is -5.66. The SMILES string of the molecule is Nc1cc(C(=O)O)ccc1O.O=C(O)c1ccc2oc(=O)c(-c3cc(O)c(O)c([N+](=O)[O-])c3)nc2c1. The number of nitrogens with zero attached hydrogens (tertiary/aromatic N) is 2. The molecule has 4 rings (SSSR count). The largest absolute Gasteiger partial charge is 0.506 e. The van der Waals surface area contributed by atoms with Crippen molar-refractivity contribution in [3.05, 3.63) is 80.2 Å². The van der Waals surface area contributed by atoms with Gasteiger partial charge in [0.2, 0.25) is 5.75 Å². The number of carbonyl (C=O) groups is 2. The minimum Gasteiger partial charge on any atom is -0.506 e. The van der Waals surface area contributed by atoms with Gasteiger partial charge in [-0.1, -0.05) is 0 Å². The fourth-order valence-electron chi connectivity index (χ4n) is 2.89. The molecule has 0 aliphatic heterocycles. The van der Waals surface area contributed by atoms with Crippen molar-refractivity contribution < 1.29 is 44.5 Å². The fraction of sp³-hybridized carbons (Fsp3) is 0. The number of hydrogen-bond donors (Lipinski definition) is 6. The Bertz CT molecular complexity index is 1590. The molecule has 0 bridgehead atoms. The van der Waals surface area contributed by atoms with Crippen molar-refractivity contribution in [2.24, 2.45) is 0 Å². The summed E-state index contributed by atoms with van der Waals surface area (Å²) in [6.45, 7) is 0. The maximum atomic E-state index is 12.1. The molecule has 0 radical (unpaired) electrons. The maximum absolute atomic E-state index is 12.1. The van der Waals surface area contributed by atoms with Crippen LogP contribution in [0, 0.1) is 10.1 Å². The highest BCUT2D eigenvalue weighted by atomic mass is 16.6. The summed E-state index contributed by atoms with van der Waals surface area (Å²) in [7, 11) is 0. The number of benzene rings is 3. The van der Waals surface area contributed by atoms with Crippen LogP contribution in [-0.2, 0) is 0 Å². The lowest BCUT2D eigenvalue weighted by Crippen LogP contribution is -2.07. The molecular weight excluding hydrogens is 482 g/mol. The van der Waals surface area contributed by atoms with Gasteiger partial charge in [-0.05, 0) is 42.5 Å². The molecule has 1 heterocycles. The molecule has 36 heavy (non-hydrogen) atoms. The minimum absolute atomic E-state index is 0.0243. The van der Waals surface area contributed by atoms with Gasteiger partial charge in [0.15, 0.2) is 17.0 Å². The van der Waals surface area contributed by atoms with Gasteiger partial charge >= 0.3 is 23.3 Å². The topological polar surface area (TPSA) is 248 Å². The van der Waals surface area contributed by atoms with Crippen molar-refractivity contribution in [3.63, 3.8) is 0 Å². The number of rotatable bonds is 4. The number of phenolic OH excluding ortho intramolecular Hbond substituents is 3. The Balaban J connectivity index is 0.000000275. The zero-order valence-corrected chi connectivity index (χ0v) is 17.8. The van der Waals surface area contributed by atoms with Crippen LogP contribution in [0.5, 0.6) is 17.2 Å². The maximum Gasteiger partial charge on any atom is 0.363 e. The summed E-state index contributed by atoms with van der Waals surface area (Å²) >= 11 is 0. The predicted octanol–water partition coefficient (Wildman–Crippen LogP) is 2.55. The monoisotopic (exact) mass is 497 g/mol. The van der Waals surface area contributed by atoms with Gasteiger partial charge in [0, 0.05) is 11.6 Å². The summed E-state index contributed by atoms with van der Waals surface area (Å²) in [6.07, 6.45) is 0. The number of phenols is 3. The van der Waals surface area contributed by atoms with E-state index in [9.17, 15) is 34.7 Å². The van der Waals surface area contributed by atoms with E-state index >= 15 is 0 Å². The Labute approximate surface area is 198 Å². The number of carboxylic acid groups (broad SMARTS) is 2. The molecule has 14 nitrogen and oxygen atoms in total. The summed E-state index contributed by atoms with van der Waals surface area (Å²) in [4.78, 5) is 47.4. The third kappa shape index (κ3) is 5.12. The summed E-state index contributed by atoms with van der Waals surface area (Å²) < 4.78 is 5.03. The lowest BCUT2D eigenvalue weighted by atomic mass is 10.1. The number of nitro groups is 1. The Morgan fingerprint density at radius 2 is 1.53 bits per heavy atom. The molecule has 0 saturated heterocycles. The Morgan fingerprint density at radius 3 is 2.11 bits per heavy atom. The number of carboxylic acids is 2. The summed E-state index contributed by atoms with van der Waals surface area (Å²) in [5, 5.41) is 56.4. The van der Waals surface area contributed by atoms with Crippen LogP contribution in [0.25, 0.3) is 22.4 Å². The van der Waals surface area contributed by atoms with Gasteiger partial charge in [0.25, 0.3) is 0 Å². The molecule has 0 fully saturated rings. The van der Waals surface area contributed by atoms with Crippen molar-refractivity contribution in [3.8, 4) is 28.5 Å². The summed E-state index contributed by atoms with van der Waals surface area (Å²) in [5.41, 5.74) is 3.03. The van der Waals surface area contributed by atoms with E-state index in [0.717, 1.165) is 12.1 Å². The van der Waals surface area contributed by atoms with Crippen molar-refractivity contribution in [1.82, 2.24) is 4.98 Å². The van der Waals surface area contributed by atoms with Crippen LogP contribution in [0.2, 0.25) is 0 Å². The number of aromatic nitrogens is 1. The van der Waals surface area contributed by atoms with Gasteiger partial charge in [0.05, 0.1) is 21.7 Å². The van der Waals surface area contributed by atoms with E-state index in [4.69, 9.17) is 25.5 Å². The quantitative estimate of drug-likeness (QED) is 0.103. The average molecular weight is 497 g/mol. The zero-order chi connectivity index (χ0) is 26.7. The van der Waals surface area contributed by atoms with E-state index < -0.39 is 39.7 Å². The molecule has 0 atom stereocenters. The van der Waals surface area contributed by atoms with Crippen LogP contribution >= 0.6 is 0 Å². The van der Waals surface area contributed by atoms with Crippen LogP contribution in [0.1, 0.15) is 20.7 Å². The van der Waals surface area contributed by atoms with Gasteiger partial charge in [-0.2, -0.15) is 0 Å². The van der Waals surface area contributed by atoms with Crippen LogP contribution in [0.4, 0.5) is 11.4 Å².